The molecule has 0 saturated heterocycles. The largest absolute Gasteiger partial charge is 0.450 e. The summed E-state index contributed by atoms with van der Waals surface area (Å²) in [7, 11) is -3.12. The lowest BCUT2D eigenvalue weighted by molar-refractivity contribution is -0.119. The van der Waals surface area contributed by atoms with Gasteiger partial charge in [-0.2, -0.15) is 8.42 Å². The molecule has 0 atom stereocenters. The highest BCUT2D eigenvalue weighted by Gasteiger charge is 2.16. The van der Waals surface area contributed by atoms with E-state index in [2.05, 4.69) is 8.37 Å². The van der Waals surface area contributed by atoms with E-state index >= 15 is 0 Å². The minimum absolute atomic E-state index is 0.0211. The van der Waals surface area contributed by atoms with E-state index in [0.29, 0.717) is 0 Å². The van der Waals surface area contributed by atoms with Crippen molar-refractivity contribution < 1.29 is 35.6 Å². The molecule has 0 spiro atoms. The zero-order chi connectivity index (χ0) is 17.5. The molecule has 0 aromatic carbocycles. The third-order valence-corrected chi connectivity index (χ3v) is 3.78. The fourth-order valence-corrected chi connectivity index (χ4v) is 2.00. The van der Waals surface area contributed by atoms with Crippen LogP contribution in [0.25, 0.3) is 0 Å². The highest BCUT2D eigenvalue weighted by Crippen LogP contribution is 2.13. The van der Waals surface area contributed by atoms with E-state index in [9.17, 15) is 22.8 Å². The average Bonchev–Trinajstić information content (AvgIpc) is 3.01. The van der Waals surface area contributed by atoms with Crippen molar-refractivity contribution in [3.8, 4) is 0 Å². The molecule has 1 aromatic heterocycles. The molecular weight excluding hydrogens is 328 g/mol. The van der Waals surface area contributed by atoms with Crippen LogP contribution >= 0.6 is 0 Å². The van der Waals surface area contributed by atoms with Gasteiger partial charge in [0, 0.05) is 25.7 Å². The third kappa shape index (κ3) is 6.43. The van der Waals surface area contributed by atoms with Crippen molar-refractivity contribution in [1.29, 1.82) is 0 Å². The van der Waals surface area contributed by atoms with Gasteiger partial charge in [-0.25, -0.2) is 4.18 Å². The van der Waals surface area contributed by atoms with Crippen molar-refractivity contribution in [2.75, 3.05) is 13.7 Å². The lowest BCUT2D eigenvalue weighted by Crippen LogP contribution is -2.12. The molecular formula is C14H18O8S. The van der Waals surface area contributed by atoms with E-state index in [0.717, 1.165) is 7.11 Å². The van der Waals surface area contributed by atoms with Crippen molar-refractivity contribution in [1.82, 2.24) is 0 Å². The van der Waals surface area contributed by atoms with Crippen LogP contribution in [0.3, 0.4) is 0 Å². The number of ketones is 3. The molecule has 1 rings (SSSR count). The van der Waals surface area contributed by atoms with Crippen molar-refractivity contribution in [3.05, 3.63) is 23.7 Å². The number of hydrogen-bond donors (Lipinski definition) is 0. The summed E-state index contributed by atoms with van der Waals surface area (Å²) in [6.07, 6.45) is -0.0618. The number of rotatable bonds is 11. The summed E-state index contributed by atoms with van der Waals surface area (Å²) >= 11 is 0. The van der Waals surface area contributed by atoms with Crippen LogP contribution in [0.15, 0.2) is 16.5 Å². The number of carbonyl (C=O) groups excluding carboxylic acids is 3. The van der Waals surface area contributed by atoms with Gasteiger partial charge in [0.25, 0.3) is 0 Å². The summed E-state index contributed by atoms with van der Waals surface area (Å²) in [6, 6.07) is 2.81. The first-order chi connectivity index (χ1) is 10.8. The van der Waals surface area contributed by atoms with E-state index in [1.807, 2.05) is 0 Å². The molecule has 128 valence electrons. The number of hydrogen-bond acceptors (Lipinski definition) is 8. The maximum absolute atomic E-state index is 11.8. The molecule has 0 aliphatic heterocycles. The van der Waals surface area contributed by atoms with Gasteiger partial charge >= 0.3 is 10.4 Å². The lowest BCUT2D eigenvalue weighted by atomic mass is 10.1. The van der Waals surface area contributed by atoms with Crippen LogP contribution in [0, 0.1) is 0 Å². The Bertz CT molecular complexity index is 671. The maximum atomic E-state index is 11.8. The minimum atomic E-state index is -4.06. The summed E-state index contributed by atoms with van der Waals surface area (Å²) in [5.74, 6) is -0.815. The Kier molecular flexibility index (Phi) is 7.27. The standard InChI is InChI=1S/C14H18O8S/c1-3-11(16)13-6-7-14(22-13)12(17)5-4-10(15)8-9-21-23(18,19)20-2/h6-7H,3-5,8-9H2,1-2H3. The number of Topliss-reactive ketones (excluding diaryl/α,β-unsaturated/α-hetero) is 3. The number of carbonyl (C=O) groups is 3. The van der Waals surface area contributed by atoms with Crippen molar-refractivity contribution >= 4 is 27.7 Å². The van der Waals surface area contributed by atoms with E-state index < -0.39 is 16.2 Å². The van der Waals surface area contributed by atoms with Crippen LogP contribution < -0.4 is 0 Å². The predicted molar refractivity (Wildman–Crippen MR) is 78.4 cm³/mol. The fourth-order valence-electron chi connectivity index (χ4n) is 1.62. The van der Waals surface area contributed by atoms with Crippen LogP contribution in [0.1, 0.15) is 53.7 Å². The third-order valence-electron chi connectivity index (χ3n) is 2.92. The molecule has 1 heterocycles. The van der Waals surface area contributed by atoms with Crippen LogP contribution in [-0.4, -0.2) is 39.5 Å². The molecule has 9 heteroatoms. The van der Waals surface area contributed by atoms with Gasteiger partial charge in [0.15, 0.2) is 23.1 Å². The smallest absolute Gasteiger partial charge is 0.399 e. The summed E-state index contributed by atoms with van der Waals surface area (Å²) in [5.41, 5.74) is 0. The first-order valence-corrected chi connectivity index (χ1v) is 8.25. The highest BCUT2D eigenvalue weighted by atomic mass is 32.3. The molecule has 0 unspecified atom stereocenters. The summed E-state index contributed by atoms with van der Waals surface area (Å²) < 4.78 is 35.3. The molecule has 8 nitrogen and oxygen atoms in total. The molecule has 0 fully saturated rings. The Labute approximate surface area is 134 Å². The van der Waals surface area contributed by atoms with Gasteiger partial charge in [-0.3, -0.25) is 18.6 Å². The number of furan rings is 1. The summed E-state index contributed by atoms with van der Waals surface area (Å²) in [4.78, 5) is 34.8. The minimum Gasteiger partial charge on any atom is -0.450 e. The molecule has 0 aliphatic carbocycles. The molecule has 0 amide bonds. The van der Waals surface area contributed by atoms with E-state index in [4.69, 9.17) is 4.42 Å². The van der Waals surface area contributed by atoms with Gasteiger partial charge in [-0.1, -0.05) is 6.92 Å². The van der Waals surface area contributed by atoms with Crippen molar-refractivity contribution in [2.24, 2.45) is 0 Å². The Morgan fingerprint density at radius 2 is 1.65 bits per heavy atom. The van der Waals surface area contributed by atoms with Gasteiger partial charge in [0.05, 0.1) is 13.7 Å². The predicted octanol–water partition coefficient (Wildman–Crippen LogP) is 1.70. The second kappa shape index (κ2) is 8.70. The molecule has 0 bridgehead atoms. The van der Waals surface area contributed by atoms with Gasteiger partial charge < -0.3 is 4.42 Å². The molecule has 23 heavy (non-hydrogen) atoms. The average molecular weight is 346 g/mol. The molecule has 1 aromatic rings. The second-order valence-electron chi connectivity index (χ2n) is 4.55. The topological polar surface area (TPSA) is 117 Å². The lowest BCUT2D eigenvalue weighted by Gasteiger charge is -2.02. The SMILES string of the molecule is CCC(=O)c1ccc(C(=O)CCC(=O)CCOS(=O)(=O)OC)o1. The molecule has 0 saturated carbocycles. The Morgan fingerprint density at radius 3 is 2.22 bits per heavy atom. The van der Waals surface area contributed by atoms with Gasteiger partial charge in [-0.05, 0) is 12.1 Å². The summed E-state index contributed by atoms with van der Waals surface area (Å²) in [5, 5.41) is 0. The maximum Gasteiger partial charge on any atom is 0.399 e. The van der Waals surface area contributed by atoms with Gasteiger partial charge in [0.1, 0.15) is 5.78 Å². The van der Waals surface area contributed by atoms with Crippen LogP contribution in [0.4, 0.5) is 0 Å². The van der Waals surface area contributed by atoms with E-state index in [1.165, 1.54) is 12.1 Å². The van der Waals surface area contributed by atoms with Crippen LogP contribution in [-0.2, 0) is 23.6 Å². The quantitative estimate of drug-likeness (QED) is 0.556. The second-order valence-corrected chi connectivity index (χ2v) is 5.93. The normalized spacial score (nSPS) is 11.4. The van der Waals surface area contributed by atoms with Crippen molar-refractivity contribution in [2.45, 2.75) is 32.6 Å². The Balaban J connectivity index is 2.39. The highest BCUT2D eigenvalue weighted by molar-refractivity contribution is 7.81. The van der Waals surface area contributed by atoms with Crippen molar-refractivity contribution in [3.63, 3.8) is 0 Å². The Morgan fingerprint density at radius 1 is 1.04 bits per heavy atom. The van der Waals surface area contributed by atoms with Gasteiger partial charge in [-0.15, -0.1) is 0 Å². The molecule has 0 aliphatic rings. The fraction of sp³-hybridized carbons (Fsp3) is 0.500. The van der Waals surface area contributed by atoms with Gasteiger partial charge in [0.2, 0.25) is 0 Å². The molecule has 0 radical (unpaired) electrons. The van der Waals surface area contributed by atoms with E-state index in [1.54, 1.807) is 6.92 Å². The van der Waals surface area contributed by atoms with Crippen LogP contribution in [0.2, 0.25) is 0 Å². The van der Waals surface area contributed by atoms with E-state index in [-0.39, 0.29) is 55.4 Å². The first kappa shape index (κ1) is 19.2. The Hall–Kier alpha value is -1.84. The van der Waals surface area contributed by atoms with Crippen LogP contribution in [0.5, 0.6) is 0 Å². The first-order valence-electron chi connectivity index (χ1n) is 6.92. The summed E-state index contributed by atoms with van der Waals surface area (Å²) in [6.45, 7) is 1.33. The monoisotopic (exact) mass is 346 g/mol. The molecule has 0 N–H and O–H groups in total. The zero-order valence-corrected chi connectivity index (χ0v) is 13.7. The zero-order valence-electron chi connectivity index (χ0n) is 12.9.